The maximum atomic E-state index is 13.1. The molecule has 0 saturated heterocycles. The summed E-state index contributed by atoms with van der Waals surface area (Å²) in [4.78, 5) is 11.9. The number of halogens is 6. The quantitative estimate of drug-likeness (QED) is 0.608. The van der Waals surface area contributed by atoms with Gasteiger partial charge in [-0.1, -0.05) is 26.0 Å². The van der Waals surface area contributed by atoms with E-state index < -0.39 is 38.8 Å². The van der Waals surface area contributed by atoms with E-state index in [1.54, 1.807) is 0 Å². The fraction of sp³-hybridized carbons (Fsp3) is 0.462. The number of alkyl halides is 5. The molecule has 1 aromatic carbocycles. The Hall–Kier alpha value is -1.22. The Morgan fingerprint density at radius 1 is 1.17 bits per heavy atom. The van der Waals surface area contributed by atoms with Crippen LogP contribution in [0, 0.1) is 11.2 Å². The van der Waals surface area contributed by atoms with E-state index in [1.807, 2.05) is 0 Å². The van der Waals surface area contributed by atoms with Crippen molar-refractivity contribution in [2.45, 2.75) is 30.9 Å². The van der Waals surface area contributed by atoms with Crippen LogP contribution >= 0.6 is 11.6 Å². The molecule has 0 bridgehead atoms. The van der Waals surface area contributed by atoms with E-state index in [2.05, 4.69) is 11.6 Å². The number of carbonyl (C=O) groups excluding carboxylic acids is 1. The average Bonchev–Trinajstić information content (AvgIpc) is 2.39. The molecule has 3 nitrogen and oxygen atoms in total. The van der Waals surface area contributed by atoms with E-state index in [4.69, 9.17) is 0 Å². The van der Waals surface area contributed by atoms with Gasteiger partial charge in [-0.2, -0.15) is 17.6 Å². The van der Waals surface area contributed by atoms with Gasteiger partial charge in [0.05, 0.1) is 0 Å². The topological polar surface area (TPSA) is 46.2 Å². The van der Waals surface area contributed by atoms with Gasteiger partial charge in [-0.25, -0.2) is 8.60 Å². The minimum atomic E-state index is -5.13. The molecule has 1 unspecified atom stereocenters. The second kappa shape index (κ2) is 6.72. The Balaban J connectivity index is 2.83. The van der Waals surface area contributed by atoms with E-state index in [-0.39, 0.29) is 6.42 Å². The van der Waals surface area contributed by atoms with Gasteiger partial charge in [-0.3, -0.25) is 9.52 Å². The van der Waals surface area contributed by atoms with Crippen molar-refractivity contribution in [1.82, 2.24) is 4.72 Å². The van der Waals surface area contributed by atoms with Crippen LogP contribution < -0.4 is 4.72 Å². The van der Waals surface area contributed by atoms with Gasteiger partial charge in [0, 0.05) is 5.41 Å². The molecule has 0 radical (unpaired) electrons. The van der Waals surface area contributed by atoms with Gasteiger partial charge in [-0.15, -0.1) is 0 Å². The molecular weight excluding hydrogens is 365 g/mol. The first-order valence-electron chi connectivity index (χ1n) is 6.19. The minimum Gasteiger partial charge on any atom is -0.273 e. The van der Waals surface area contributed by atoms with Crippen molar-refractivity contribution in [3.63, 3.8) is 0 Å². The van der Waals surface area contributed by atoms with Crippen LogP contribution in [0.15, 0.2) is 24.3 Å². The fourth-order valence-electron chi connectivity index (χ4n) is 1.58. The molecule has 1 atom stereocenters. The van der Waals surface area contributed by atoms with Crippen LogP contribution in [0.5, 0.6) is 0 Å². The summed E-state index contributed by atoms with van der Waals surface area (Å²) >= 11 is 4.20. The van der Waals surface area contributed by atoms with Gasteiger partial charge in [0.15, 0.2) is 11.0 Å². The molecule has 1 rings (SSSR count). The Morgan fingerprint density at radius 3 is 2.09 bits per heavy atom. The van der Waals surface area contributed by atoms with Crippen molar-refractivity contribution in [3.05, 3.63) is 35.6 Å². The molecule has 0 fully saturated rings. The number of hydrogen-bond acceptors (Lipinski definition) is 2. The first kappa shape index (κ1) is 19.8. The predicted octanol–water partition coefficient (Wildman–Crippen LogP) is 3.60. The van der Waals surface area contributed by atoms with Crippen LogP contribution in [0.1, 0.15) is 19.4 Å². The SMILES string of the molecule is CC(C)(Cc1ccc(F)cc1)C(=O)NS(=O)C(F)(F)C(F)(F)Cl. The monoisotopic (exact) mass is 377 g/mol. The van der Waals surface area contributed by atoms with Gasteiger partial charge in [0.1, 0.15) is 5.82 Å². The Labute approximate surface area is 136 Å². The van der Waals surface area contributed by atoms with Gasteiger partial charge in [0.2, 0.25) is 5.91 Å². The van der Waals surface area contributed by atoms with E-state index >= 15 is 0 Å². The molecule has 0 aliphatic heterocycles. The number of nitrogens with one attached hydrogen (secondary N) is 1. The van der Waals surface area contributed by atoms with Gasteiger partial charge < -0.3 is 0 Å². The number of benzene rings is 1. The highest BCUT2D eigenvalue weighted by atomic mass is 35.5. The summed E-state index contributed by atoms with van der Waals surface area (Å²) in [5.41, 5.74) is -0.850. The second-order valence-corrected chi connectivity index (χ2v) is 7.13. The summed E-state index contributed by atoms with van der Waals surface area (Å²) in [6, 6.07) is 5.04. The molecule has 0 heterocycles. The smallest absolute Gasteiger partial charge is 0.273 e. The van der Waals surface area contributed by atoms with Crippen LogP contribution in [0.3, 0.4) is 0 Å². The molecular formula is C13H13ClF5NO2S. The molecule has 1 amide bonds. The van der Waals surface area contributed by atoms with E-state index in [0.717, 1.165) is 12.1 Å². The maximum absolute atomic E-state index is 13.1. The van der Waals surface area contributed by atoms with E-state index in [1.165, 1.54) is 30.7 Å². The normalized spacial score (nSPS) is 14.4. The molecule has 0 aliphatic rings. The largest absolute Gasteiger partial charge is 0.415 e. The number of hydrogen-bond donors (Lipinski definition) is 1. The Bertz CT molecular complexity index is 601. The van der Waals surface area contributed by atoms with Crippen molar-refractivity contribution in [2.75, 3.05) is 0 Å². The van der Waals surface area contributed by atoms with E-state index in [0.29, 0.717) is 5.56 Å². The number of carbonyl (C=O) groups is 1. The molecule has 0 saturated carbocycles. The molecule has 0 aliphatic carbocycles. The molecule has 0 spiro atoms. The third-order valence-corrected chi connectivity index (χ3v) is 4.36. The predicted molar refractivity (Wildman–Crippen MR) is 75.9 cm³/mol. The average molecular weight is 378 g/mol. The van der Waals surface area contributed by atoms with Crippen molar-refractivity contribution < 1.29 is 31.0 Å². The summed E-state index contributed by atoms with van der Waals surface area (Å²) in [6.45, 7) is 2.67. The standard InChI is InChI=1S/C13H13ClF5NO2S/c1-11(2,7-8-3-5-9(15)6-4-8)10(21)20-23(22)13(18,19)12(14,16)17/h3-6H,7H2,1-2H3,(H,20,21). The summed E-state index contributed by atoms with van der Waals surface area (Å²) in [5.74, 6) is -1.64. The van der Waals surface area contributed by atoms with Crippen LogP contribution in [0.25, 0.3) is 0 Å². The zero-order chi connectivity index (χ0) is 18.1. The zero-order valence-corrected chi connectivity index (χ0v) is 13.6. The summed E-state index contributed by atoms with van der Waals surface area (Å²) in [5, 5.41) is -10.2. The van der Waals surface area contributed by atoms with Crippen LogP contribution in [0.4, 0.5) is 22.0 Å². The molecule has 10 heteroatoms. The summed E-state index contributed by atoms with van der Waals surface area (Å²) in [7, 11) is -3.71. The second-order valence-electron chi connectivity index (χ2n) is 5.40. The Morgan fingerprint density at radius 2 is 1.65 bits per heavy atom. The highest BCUT2D eigenvalue weighted by Crippen LogP contribution is 2.39. The van der Waals surface area contributed by atoms with Crippen LogP contribution in [0.2, 0.25) is 0 Å². The van der Waals surface area contributed by atoms with E-state index in [9.17, 15) is 31.0 Å². The first-order chi connectivity index (χ1) is 10.3. The summed E-state index contributed by atoms with van der Waals surface area (Å²) in [6.07, 6.45) is -0.0147. The van der Waals surface area contributed by atoms with Crippen LogP contribution in [-0.4, -0.2) is 20.8 Å². The van der Waals surface area contributed by atoms with Gasteiger partial charge >= 0.3 is 10.6 Å². The first-order valence-corrected chi connectivity index (χ1v) is 7.72. The zero-order valence-electron chi connectivity index (χ0n) is 12.0. The third kappa shape index (κ3) is 4.87. The van der Waals surface area contributed by atoms with Gasteiger partial charge in [-0.05, 0) is 35.7 Å². The lowest BCUT2D eigenvalue weighted by atomic mass is 9.85. The highest BCUT2D eigenvalue weighted by molar-refractivity contribution is 7.84. The number of rotatable bonds is 6. The molecule has 0 aromatic heterocycles. The summed E-state index contributed by atoms with van der Waals surface area (Å²) < 4.78 is 76.7. The minimum absolute atomic E-state index is 0.0147. The lowest BCUT2D eigenvalue weighted by molar-refractivity contribution is -0.128. The van der Waals surface area contributed by atoms with Crippen molar-refractivity contribution in [1.29, 1.82) is 0 Å². The lowest BCUT2D eigenvalue weighted by Gasteiger charge is -2.26. The highest BCUT2D eigenvalue weighted by Gasteiger charge is 2.61. The Kier molecular flexibility index (Phi) is 5.79. The van der Waals surface area contributed by atoms with Gasteiger partial charge in [0.25, 0.3) is 0 Å². The third-order valence-electron chi connectivity index (χ3n) is 2.92. The molecule has 1 N–H and O–H groups in total. The molecule has 130 valence electrons. The number of amides is 1. The van der Waals surface area contributed by atoms with Crippen molar-refractivity contribution >= 4 is 28.5 Å². The fourth-order valence-corrected chi connectivity index (χ4v) is 2.58. The molecule has 1 aromatic rings. The van der Waals surface area contributed by atoms with Crippen molar-refractivity contribution in [2.24, 2.45) is 5.41 Å². The lowest BCUT2D eigenvalue weighted by Crippen LogP contribution is -2.49. The van der Waals surface area contributed by atoms with Crippen LogP contribution in [-0.2, 0) is 22.2 Å². The molecule has 23 heavy (non-hydrogen) atoms. The maximum Gasteiger partial charge on any atom is 0.415 e. The van der Waals surface area contributed by atoms with Crippen molar-refractivity contribution in [3.8, 4) is 0 Å².